The highest BCUT2D eigenvalue weighted by Gasteiger charge is 2.30. The number of unbranched alkanes of at least 4 members (excludes halogenated alkanes) is 1. The maximum absolute atomic E-state index is 2.57. The summed E-state index contributed by atoms with van der Waals surface area (Å²) in [6, 6.07) is 0. The van der Waals surface area contributed by atoms with E-state index in [1.807, 2.05) is 0 Å². The van der Waals surface area contributed by atoms with Gasteiger partial charge in [0.15, 0.2) is 0 Å². The van der Waals surface area contributed by atoms with Gasteiger partial charge in [0.25, 0.3) is 0 Å². The van der Waals surface area contributed by atoms with Crippen LogP contribution >= 0.6 is 0 Å². The summed E-state index contributed by atoms with van der Waals surface area (Å²) in [4.78, 5) is 0. The van der Waals surface area contributed by atoms with Gasteiger partial charge in [0.05, 0.1) is 0 Å². The number of hydrogen-bond acceptors (Lipinski definition) is 0. The molecule has 0 saturated carbocycles. The zero-order valence-corrected chi connectivity index (χ0v) is 13.2. The summed E-state index contributed by atoms with van der Waals surface area (Å²) in [7, 11) is -1.38. The highest BCUT2D eigenvalue weighted by Crippen LogP contribution is 2.30. The summed E-state index contributed by atoms with van der Waals surface area (Å²) in [5, 5.41) is 0. The van der Waals surface area contributed by atoms with E-state index in [0.29, 0.717) is 0 Å². The second-order valence-electron chi connectivity index (χ2n) is 5.94. The standard InChI is InChI=1S/C13H26Si2/c1-6-7-8-12-9-10-13(11-12)14(2)15(3,4)5/h9-11,13-14H,6-8H2,1-5H3. The van der Waals surface area contributed by atoms with Crippen LogP contribution in [0.3, 0.4) is 0 Å². The lowest BCUT2D eigenvalue weighted by atomic mass is 10.1. The smallest absolute Gasteiger partial charge is 0.0405 e. The maximum Gasteiger partial charge on any atom is 0.0405 e. The first-order chi connectivity index (χ1) is 6.95. The van der Waals surface area contributed by atoms with Crippen molar-refractivity contribution in [3.05, 3.63) is 23.8 Å². The molecule has 0 nitrogen and oxygen atoms in total. The molecule has 1 rings (SSSR count). The second kappa shape index (κ2) is 5.31. The van der Waals surface area contributed by atoms with E-state index in [1.165, 1.54) is 19.3 Å². The Morgan fingerprint density at radius 2 is 2.00 bits per heavy atom. The van der Waals surface area contributed by atoms with E-state index >= 15 is 0 Å². The summed E-state index contributed by atoms with van der Waals surface area (Å²) in [6.07, 6.45) is 11.4. The van der Waals surface area contributed by atoms with Gasteiger partial charge in [-0.15, -0.1) is 0 Å². The van der Waals surface area contributed by atoms with Crippen LogP contribution in [0.5, 0.6) is 0 Å². The molecule has 0 aromatic heterocycles. The van der Waals surface area contributed by atoms with E-state index in [2.05, 4.69) is 51.3 Å². The van der Waals surface area contributed by atoms with E-state index in [9.17, 15) is 0 Å². The number of rotatable bonds is 5. The monoisotopic (exact) mass is 238 g/mol. The van der Waals surface area contributed by atoms with Gasteiger partial charge in [-0.3, -0.25) is 0 Å². The molecule has 2 atom stereocenters. The summed E-state index contributed by atoms with van der Waals surface area (Å²) >= 11 is 0. The molecule has 0 spiro atoms. The van der Waals surface area contributed by atoms with Crippen molar-refractivity contribution in [2.75, 3.05) is 0 Å². The predicted molar refractivity (Wildman–Crippen MR) is 76.9 cm³/mol. The molecular formula is C13H26Si2. The molecule has 0 aromatic carbocycles. The van der Waals surface area contributed by atoms with E-state index < -0.39 is 15.9 Å². The predicted octanol–water partition coefficient (Wildman–Crippen LogP) is 4.32. The average molecular weight is 239 g/mol. The van der Waals surface area contributed by atoms with E-state index in [4.69, 9.17) is 0 Å². The minimum atomic E-state index is -0.843. The van der Waals surface area contributed by atoms with Crippen LogP contribution in [0.2, 0.25) is 31.7 Å². The van der Waals surface area contributed by atoms with Crippen molar-refractivity contribution < 1.29 is 0 Å². The first-order valence-electron chi connectivity index (χ1n) is 6.34. The quantitative estimate of drug-likeness (QED) is 0.626. The fourth-order valence-corrected chi connectivity index (χ4v) is 8.25. The van der Waals surface area contributed by atoms with Gasteiger partial charge < -0.3 is 0 Å². The third-order valence-electron chi connectivity index (χ3n) is 3.70. The summed E-state index contributed by atoms with van der Waals surface area (Å²) < 4.78 is 0. The zero-order valence-electron chi connectivity index (χ0n) is 11.0. The fraction of sp³-hybridized carbons (Fsp3) is 0.692. The van der Waals surface area contributed by atoms with Crippen molar-refractivity contribution in [1.82, 2.24) is 0 Å². The van der Waals surface area contributed by atoms with Gasteiger partial charge in [0.1, 0.15) is 0 Å². The Bertz CT molecular complexity index is 258. The lowest BCUT2D eigenvalue weighted by molar-refractivity contribution is 0.798. The highest BCUT2D eigenvalue weighted by molar-refractivity contribution is 7.32. The Balaban J connectivity index is 2.55. The molecule has 0 amide bonds. The Labute approximate surface area is 97.9 Å². The molecule has 0 saturated heterocycles. The van der Waals surface area contributed by atoms with Crippen LogP contribution in [-0.4, -0.2) is 15.9 Å². The van der Waals surface area contributed by atoms with Gasteiger partial charge >= 0.3 is 0 Å². The molecule has 0 aromatic rings. The molecule has 1 aliphatic rings. The topological polar surface area (TPSA) is 0 Å². The molecule has 0 N–H and O–H groups in total. The van der Waals surface area contributed by atoms with Gasteiger partial charge in [-0.1, -0.05) is 63.3 Å². The van der Waals surface area contributed by atoms with Gasteiger partial charge in [0.2, 0.25) is 0 Å². The van der Waals surface area contributed by atoms with Crippen molar-refractivity contribution in [2.45, 2.75) is 57.9 Å². The number of hydrogen-bond donors (Lipinski definition) is 0. The highest BCUT2D eigenvalue weighted by atomic mass is 29.2. The van der Waals surface area contributed by atoms with E-state index in [0.717, 1.165) is 5.54 Å². The van der Waals surface area contributed by atoms with E-state index in [-0.39, 0.29) is 0 Å². The van der Waals surface area contributed by atoms with Crippen LogP contribution in [-0.2, 0) is 0 Å². The van der Waals surface area contributed by atoms with Gasteiger partial charge in [-0.05, 0) is 18.4 Å². The Morgan fingerprint density at radius 3 is 2.53 bits per heavy atom. The third-order valence-corrected chi connectivity index (χ3v) is 17.4. The fourth-order valence-electron chi connectivity index (χ4n) is 2.03. The van der Waals surface area contributed by atoms with Crippen LogP contribution in [0.15, 0.2) is 23.8 Å². The van der Waals surface area contributed by atoms with Crippen LogP contribution in [0.25, 0.3) is 0 Å². The van der Waals surface area contributed by atoms with Gasteiger partial charge in [-0.2, -0.15) is 0 Å². The van der Waals surface area contributed by atoms with Crippen LogP contribution in [0.4, 0.5) is 0 Å². The molecule has 0 radical (unpaired) electrons. The van der Waals surface area contributed by atoms with Gasteiger partial charge in [-0.25, -0.2) is 0 Å². The third kappa shape index (κ3) is 3.76. The Kier molecular flexibility index (Phi) is 4.59. The van der Waals surface area contributed by atoms with Crippen LogP contribution in [0.1, 0.15) is 26.2 Å². The van der Waals surface area contributed by atoms with Gasteiger partial charge in [0, 0.05) is 15.9 Å². The van der Waals surface area contributed by atoms with Crippen molar-refractivity contribution >= 4 is 15.9 Å². The summed E-state index contributed by atoms with van der Waals surface area (Å²) in [5.41, 5.74) is 2.47. The molecular weight excluding hydrogens is 212 g/mol. The van der Waals surface area contributed by atoms with Crippen LogP contribution in [0, 0.1) is 0 Å². The largest absolute Gasteiger partial charge is 0.0807 e. The Morgan fingerprint density at radius 1 is 1.33 bits per heavy atom. The second-order valence-corrected chi connectivity index (χ2v) is 20.9. The van der Waals surface area contributed by atoms with Crippen LogP contribution < -0.4 is 0 Å². The molecule has 0 heterocycles. The minimum absolute atomic E-state index is 0.540. The Hall–Kier alpha value is -0.0862. The van der Waals surface area contributed by atoms with Crippen molar-refractivity contribution in [3.63, 3.8) is 0 Å². The maximum atomic E-state index is 2.57. The molecule has 86 valence electrons. The lowest BCUT2D eigenvalue weighted by Gasteiger charge is -2.27. The minimum Gasteiger partial charge on any atom is -0.0807 e. The average Bonchev–Trinajstić information content (AvgIpc) is 2.60. The van der Waals surface area contributed by atoms with Crippen molar-refractivity contribution in [3.8, 4) is 0 Å². The normalized spacial score (nSPS) is 23.0. The molecule has 1 aliphatic carbocycles. The molecule has 2 heteroatoms. The van der Waals surface area contributed by atoms with Crippen molar-refractivity contribution in [1.29, 1.82) is 0 Å². The first-order valence-corrected chi connectivity index (χ1v) is 13.5. The molecule has 15 heavy (non-hydrogen) atoms. The molecule has 0 fully saturated rings. The van der Waals surface area contributed by atoms with Crippen molar-refractivity contribution in [2.24, 2.45) is 0 Å². The molecule has 2 unspecified atom stereocenters. The first kappa shape index (κ1) is 13.0. The van der Waals surface area contributed by atoms with E-state index in [1.54, 1.807) is 5.57 Å². The molecule has 0 aliphatic heterocycles. The zero-order chi connectivity index (χ0) is 11.5. The lowest BCUT2D eigenvalue weighted by Crippen LogP contribution is -2.42. The number of allylic oxidation sites excluding steroid dienone is 4. The summed E-state index contributed by atoms with van der Waals surface area (Å²) in [6.45, 7) is 12.5. The SMILES string of the molecule is CCCCC1=CC([SiH](C)[Si](C)(C)C)C=C1. The summed E-state index contributed by atoms with van der Waals surface area (Å²) in [5.74, 6) is 0. The molecule has 0 bridgehead atoms.